The van der Waals surface area contributed by atoms with Gasteiger partial charge in [0.2, 0.25) is 0 Å². The van der Waals surface area contributed by atoms with Gasteiger partial charge in [0, 0.05) is 6.92 Å². The van der Waals surface area contributed by atoms with E-state index in [0.717, 1.165) is 7.11 Å². The first kappa shape index (κ1) is 11.0. The van der Waals surface area contributed by atoms with Crippen LogP contribution in [0, 0.1) is 0 Å². The quantitative estimate of drug-likeness (QED) is 0.381. The molecule has 0 radical (unpaired) electrons. The Morgan fingerprint density at radius 2 is 1.75 bits per heavy atom. The molecule has 0 amide bonds. The van der Waals surface area contributed by atoms with Crippen molar-refractivity contribution in [3.63, 3.8) is 0 Å². The molecule has 12 heavy (non-hydrogen) atoms. The van der Waals surface area contributed by atoms with Crippen LogP contribution in [0.25, 0.3) is 0 Å². The number of ether oxygens (including phenoxy) is 2. The molecular formula is C7H9ClO4. The third-order valence-electron chi connectivity index (χ3n) is 1.02. The van der Waals surface area contributed by atoms with Crippen molar-refractivity contribution in [3.05, 3.63) is 10.8 Å². The molecule has 5 heteroatoms. The minimum atomic E-state index is -0.896. The second-order valence-corrected chi connectivity index (χ2v) is 2.36. The monoisotopic (exact) mass is 192 g/mol. The summed E-state index contributed by atoms with van der Waals surface area (Å²) in [5.74, 6) is -0.325. The highest BCUT2D eigenvalue weighted by atomic mass is 35.5. The van der Waals surface area contributed by atoms with Crippen LogP contribution in [0.5, 0.6) is 0 Å². The molecule has 4 nitrogen and oxygen atoms in total. The summed E-state index contributed by atoms with van der Waals surface area (Å²) in [6.45, 7) is 2.67. The van der Waals surface area contributed by atoms with Crippen molar-refractivity contribution >= 4 is 23.5 Å². The second-order valence-electron chi connectivity index (χ2n) is 1.98. The summed E-state index contributed by atoms with van der Waals surface area (Å²) in [6.07, 6.45) is -0.896. The number of ketones is 1. The highest BCUT2D eigenvalue weighted by molar-refractivity contribution is 6.42. The first-order valence-corrected chi connectivity index (χ1v) is 3.50. The molecule has 0 aliphatic rings. The van der Waals surface area contributed by atoms with Gasteiger partial charge in [-0.25, -0.2) is 4.79 Å². The van der Waals surface area contributed by atoms with E-state index in [9.17, 15) is 9.59 Å². The number of carbonyl (C=O) groups is 2. The van der Waals surface area contributed by atoms with Crippen LogP contribution in [0.3, 0.4) is 0 Å². The van der Waals surface area contributed by atoms with Crippen LogP contribution in [0.2, 0.25) is 0 Å². The molecule has 0 bridgehead atoms. The van der Waals surface area contributed by atoms with Crippen LogP contribution in [-0.4, -0.2) is 19.0 Å². The molecule has 0 aliphatic heterocycles. The Hall–Kier alpha value is -1.03. The summed E-state index contributed by atoms with van der Waals surface area (Å²) in [7, 11) is 1.16. The molecule has 0 N–H and O–H groups in total. The van der Waals surface area contributed by atoms with E-state index in [1.165, 1.54) is 13.8 Å². The van der Waals surface area contributed by atoms with E-state index >= 15 is 0 Å². The predicted octanol–water partition coefficient (Wildman–Crippen LogP) is 1.83. The van der Waals surface area contributed by atoms with Crippen LogP contribution in [0.4, 0.5) is 4.79 Å². The van der Waals surface area contributed by atoms with E-state index < -0.39 is 6.16 Å². The number of allylic oxidation sites excluding steroid dienone is 2. The number of halogens is 1. The van der Waals surface area contributed by atoms with Crippen LogP contribution in [-0.2, 0) is 14.3 Å². The fourth-order valence-corrected chi connectivity index (χ4v) is 0.498. The average molecular weight is 193 g/mol. The van der Waals surface area contributed by atoms with Gasteiger partial charge in [-0.3, -0.25) is 4.79 Å². The Morgan fingerprint density at radius 3 is 2.08 bits per heavy atom. The van der Waals surface area contributed by atoms with Crippen molar-refractivity contribution < 1.29 is 19.1 Å². The lowest BCUT2D eigenvalue weighted by molar-refractivity contribution is -0.113. The van der Waals surface area contributed by atoms with Crippen LogP contribution < -0.4 is 0 Å². The van der Waals surface area contributed by atoms with Crippen molar-refractivity contribution in [2.24, 2.45) is 0 Å². The Morgan fingerprint density at radius 1 is 1.25 bits per heavy atom. The van der Waals surface area contributed by atoms with Gasteiger partial charge in [-0.05, 0) is 6.92 Å². The van der Waals surface area contributed by atoms with Gasteiger partial charge in [-0.15, -0.1) is 0 Å². The minimum absolute atomic E-state index is 0.0380. The zero-order valence-electron chi connectivity index (χ0n) is 7.01. The van der Waals surface area contributed by atoms with E-state index in [4.69, 9.17) is 11.6 Å². The summed E-state index contributed by atoms with van der Waals surface area (Å²) >= 11 is 5.46. The van der Waals surface area contributed by atoms with Gasteiger partial charge in [0.1, 0.15) is 10.8 Å². The first-order chi connectivity index (χ1) is 5.49. The summed E-state index contributed by atoms with van der Waals surface area (Å²) < 4.78 is 8.67. The Labute approximate surface area is 75.1 Å². The molecule has 0 fully saturated rings. The standard InChI is InChI=1S/C7H9ClO4/c1-4(9)6(8)5(2)12-7(10)11-3/h1-3H3/b6-5-. The van der Waals surface area contributed by atoms with Gasteiger partial charge in [0.15, 0.2) is 5.78 Å². The summed E-state index contributed by atoms with van der Waals surface area (Å²) in [6, 6.07) is 0. The lowest BCUT2D eigenvalue weighted by Crippen LogP contribution is -2.05. The minimum Gasteiger partial charge on any atom is -0.437 e. The summed E-state index contributed by atoms with van der Waals surface area (Å²) in [5.41, 5.74) is 0. The SMILES string of the molecule is COC(=O)O/C(C)=C(\Cl)C(C)=O. The fraction of sp³-hybridized carbons (Fsp3) is 0.429. The van der Waals surface area contributed by atoms with E-state index in [-0.39, 0.29) is 16.6 Å². The molecule has 0 saturated heterocycles. The predicted molar refractivity (Wildman–Crippen MR) is 42.7 cm³/mol. The van der Waals surface area contributed by atoms with E-state index in [0.29, 0.717) is 0 Å². The number of methoxy groups -OCH3 is 1. The van der Waals surface area contributed by atoms with Gasteiger partial charge in [-0.2, -0.15) is 0 Å². The van der Waals surface area contributed by atoms with Crippen molar-refractivity contribution in [2.45, 2.75) is 13.8 Å². The number of rotatable bonds is 2. The molecule has 0 atom stereocenters. The molecule has 0 aromatic rings. The Bertz CT molecular complexity index is 232. The van der Waals surface area contributed by atoms with Crippen molar-refractivity contribution in [1.29, 1.82) is 0 Å². The molecule has 68 valence electrons. The summed E-state index contributed by atoms with van der Waals surface area (Å²) in [5, 5.41) is -0.111. The van der Waals surface area contributed by atoms with Crippen molar-refractivity contribution in [2.75, 3.05) is 7.11 Å². The normalized spacial score (nSPS) is 11.7. The van der Waals surface area contributed by atoms with Gasteiger partial charge in [0.05, 0.1) is 7.11 Å². The third-order valence-corrected chi connectivity index (χ3v) is 1.55. The van der Waals surface area contributed by atoms with E-state index in [1.807, 2.05) is 0 Å². The summed E-state index contributed by atoms with van der Waals surface area (Å²) in [4.78, 5) is 21.1. The van der Waals surface area contributed by atoms with Crippen LogP contribution in [0.1, 0.15) is 13.8 Å². The number of hydrogen-bond donors (Lipinski definition) is 0. The largest absolute Gasteiger partial charge is 0.513 e. The zero-order valence-corrected chi connectivity index (χ0v) is 7.77. The van der Waals surface area contributed by atoms with Gasteiger partial charge < -0.3 is 9.47 Å². The van der Waals surface area contributed by atoms with Crippen molar-refractivity contribution in [3.8, 4) is 0 Å². The van der Waals surface area contributed by atoms with Gasteiger partial charge >= 0.3 is 6.16 Å². The Balaban J connectivity index is 4.37. The maximum Gasteiger partial charge on any atom is 0.513 e. The highest BCUT2D eigenvalue weighted by Crippen LogP contribution is 2.11. The van der Waals surface area contributed by atoms with Gasteiger partial charge in [-0.1, -0.05) is 11.6 Å². The first-order valence-electron chi connectivity index (χ1n) is 3.12. The topological polar surface area (TPSA) is 52.6 Å². The zero-order chi connectivity index (χ0) is 9.72. The molecule has 0 heterocycles. The number of carbonyl (C=O) groups excluding carboxylic acids is 2. The maximum atomic E-state index is 10.6. The maximum absolute atomic E-state index is 10.6. The highest BCUT2D eigenvalue weighted by Gasteiger charge is 2.09. The van der Waals surface area contributed by atoms with E-state index in [1.54, 1.807) is 0 Å². The van der Waals surface area contributed by atoms with Gasteiger partial charge in [0.25, 0.3) is 0 Å². The molecule has 0 spiro atoms. The number of Topliss-reactive ketones (excluding diaryl/α,β-unsaturated/α-hetero) is 1. The lowest BCUT2D eigenvalue weighted by atomic mass is 10.4. The number of hydrogen-bond acceptors (Lipinski definition) is 4. The van der Waals surface area contributed by atoms with Crippen LogP contribution in [0.15, 0.2) is 10.8 Å². The van der Waals surface area contributed by atoms with Crippen molar-refractivity contribution in [1.82, 2.24) is 0 Å². The Kier molecular flexibility index (Phi) is 4.36. The fourth-order valence-electron chi connectivity index (χ4n) is 0.459. The molecule has 0 aromatic carbocycles. The third kappa shape index (κ3) is 3.39. The molecule has 0 aliphatic carbocycles. The second kappa shape index (κ2) is 4.77. The molecule has 0 rings (SSSR count). The molecule has 0 unspecified atom stereocenters. The average Bonchev–Trinajstić information content (AvgIpc) is 2.02. The van der Waals surface area contributed by atoms with E-state index in [2.05, 4.69) is 9.47 Å². The smallest absolute Gasteiger partial charge is 0.437 e. The molecule has 0 aromatic heterocycles. The molecular weight excluding hydrogens is 184 g/mol. The lowest BCUT2D eigenvalue weighted by Gasteiger charge is -2.02. The van der Waals surface area contributed by atoms with Crippen LogP contribution >= 0.6 is 11.6 Å². The molecule has 0 saturated carbocycles.